The van der Waals surface area contributed by atoms with E-state index >= 15 is 0 Å². The van der Waals surface area contributed by atoms with E-state index in [2.05, 4.69) is 20.0 Å². The summed E-state index contributed by atoms with van der Waals surface area (Å²) in [5.74, 6) is -0.825. The van der Waals surface area contributed by atoms with Crippen molar-refractivity contribution in [2.45, 2.75) is 9.79 Å². The predicted octanol–water partition coefficient (Wildman–Crippen LogP) is 6.17. The first-order valence-electron chi connectivity index (χ1n) is 11.6. The first-order chi connectivity index (χ1) is 19.2. The molecule has 2 amide bonds. The second-order valence-corrected chi connectivity index (χ2v) is 10.8. The number of hydrogen-bond acceptors (Lipinski definition) is 8. The normalized spacial score (nSPS) is 11.4. The molecule has 0 aliphatic carbocycles. The van der Waals surface area contributed by atoms with Crippen LogP contribution in [0.3, 0.4) is 0 Å². The largest absolute Gasteiger partial charge is 0.322 e. The average Bonchev–Trinajstić information content (AvgIpc) is 2.95. The standard InChI is InChI=1S/C28H20N2O8S2/c31-27(29-23-8-4-19-15-25(39-38-37-33)10-6-17(19)13-23)21-2-1-3-22(12-21)28(32)30-24-9-5-20-16-26(40(34,35)36)11-7-18(20)14-24/h1-16,33H,(H,29,31)(H,30,32)(H,34,35,36). The van der Waals surface area contributed by atoms with Gasteiger partial charge in [-0.1, -0.05) is 35.4 Å². The van der Waals surface area contributed by atoms with Crippen molar-refractivity contribution in [1.82, 2.24) is 0 Å². The van der Waals surface area contributed by atoms with Gasteiger partial charge in [-0.15, -0.1) is 4.33 Å². The maximum Gasteiger partial charge on any atom is 0.294 e. The molecule has 5 rings (SSSR count). The Morgan fingerprint density at radius 3 is 1.77 bits per heavy atom. The molecule has 0 aromatic heterocycles. The zero-order chi connectivity index (χ0) is 28.3. The Hall–Kier alpha value is -4.30. The van der Waals surface area contributed by atoms with Crippen LogP contribution < -0.4 is 10.6 Å². The molecule has 4 N–H and O–H groups in total. The zero-order valence-corrected chi connectivity index (χ0v) is 22.0. The number of anilines is 2. The van der Waals surface area contributed by atoms with Crippen LogP contribution in [-0.4, -0.2) is 30.0 Å². The van der Waals surface area contributed by atoms with Crippen LogP contribution in [0.2, 0.25) is 0 Å². The molecular weight excluding hydrogens is 556 g/mol. The monoisotopic (exact) mass is 576 g/mol. The van der Waals surface area contributed by atoms with E-state index in [0.717, 1.165) is 22.8 Å². The summed E-state index contributed by atoms with van der Waals surface area (Å²) in [7, 11) is -4.32. The molecule has 40 heavy (non-hydrogen) atoms. The van der Waals surface area contributed by atoms with Crippen LogP contribution in [0.1, 0.15) is 20.7 Å². The van der Waals surface area contributed by atoms with E-state index in [1.165, 1.54) is 24.3 Å². The number of nitrogens with one attached hydrogen (secondary N) is 2. The lowest BCUT2D eigenvalue weighted by Gasteiger charge is -2.10. The lowest BCUT2D eigenvalue weighted by Crippen LogP contribution is -2.15. The van der Waals surface area contributed by atoms with Gasteiger partial charge in [-0.2, -0.15) is 8.42 Å². The molecule has 0 saturated heterocycles. The molecule has 0 aliphatic heterocycles. The van der Waals surface area contributed by atoms with Crippen molar-refractivity contribution >= 4 is 66.9 Å². The van der Waals surface area contributed by atoms with Crippen molar-refractivity contribution in [2.75, 3.05) is 10.6 Å². The van der Waals surface area contributed by atoms with Gasteiger partial charge in [0.05, 0.1) is 16.9 Å². The van der Waals surface area contributed by atoms with Crippen LogP contribution in [-0.2, 0) is 19.5 Å². The fourth-order valence-electron chi connectivity index (χ4n) is 4.08. The summed E-state index contributed by atoms with van der Waals surface area (Å²) in [5, 5.41) is 20.5. The Morgan fingerprint density at radius 1 is 0.675 bits per heavy atom. The lowest BCUT2D eigenvalue weighted by molar-refractivity contribution is -0.432. The first-order valence-corrected chi connectivity index (χ1v) is 13.8. The van der Waals surface area contributed by atoms with Gasteiger partial charge in [-0.25, -0.2) is 5.26 Å². The summed E-state index contributed by atoms with van der Waals surface area (Å²) in [6.45, 7) is 0. The Bertz CT molecular complexity index is 1880. The van der Waals surface area contributed by atoms with Crippen LogP contribution in [0.25, 0.3) is 21.5 Å². The predicted molar refractivity (Wildman–Crippen MR) is 151 cm³/mol. The molecule has 10 nitrogen and oxygen atoms in total. The molecule has 0 unspecified atom stereocenters. The fourth-order valence-corrected chi connectivity index (χ4v) is 5.00. The molecule has 0 bridgehead atoms. The molecule has 12 heteroatoms. The molecule has 202 valence electrons. The molecule has 0 heterocycles. The molecule has 0 radical (unpaired) electrons. The van der Waals surface area contributed by atoms with Gasteiger partial charge in [0.15, 0.2) is 0 Å². The summed E-state index contributed by atoms with van der Waals surface area (Å²) >= 11 is 0.850. The third kappa shape index (κ3) is 6.29. The van der Waals surface area contributed by atoms with Crippen molar-refractivity contribution < 1.29 is 37.2 Å². The number of benzene rings is 5. The molecule has 5 aromatic rings. The van der Waals surface area contributed by atoms with Gasteiger partial charge < -0.3 is 10.6 Å². The highest BCUT2D eigenvalue weighted by Gasteiger charge is 2.13. The SMILES string of the molecule is O=C(Nc1ccc2cc(SOOO)ccc2c1)c1cccc(C(=O)Nc2ccc3cc(S(=O)(=O)O)ccc3c2)c1. The van der Waals surface area contributed by atoms with Crippen LogP contribution in [0.5, 0.6) is 0 Å². The minimum atomic E-state index is -4.32. The summed E-state index contributed by atoms with van der Waals surface area (Å²) in [6.07, 6.45) is 0. The highest BCUT2D eigenvalue weighted by molar-refractivity contribution is 7.94. The Kier molecular flexibility index (Phi) is 7.80. The molecule has 0 aliphatic rings. The van der Waals surface area contributed by atoms with Crippen molar-refractivity contribution in [3.05, 3.63) is 108 Å². The van der Waals surface area contributed by atoms with E-state index < -0.39 is 21.9 Å². The fraction of sp³-hybridized carbons (Fsp3) is 0. The molecule has 0 spiro atoms. The van der Waals surface area contributed by atoms with Crippen molar-refractivity contribution in [3.63, 3.8) is 0 Å². The van der Waals surface area contributed by atoms with Crippen LogP contribution in [0, 0.1) is 0 Å². The second kappa shape index (κ2) is 11.4. The zero-order valence-electron chi connectivity index (χ0n) is 20.4. The third-order valence-corrected chi connectivity index (χ3v) is 7.41. The van der Waals surface area contributed by atoms with Gasteiger partial charge in [0.25, 0.3) is 21.9 Å². The quantitative estimate of drug-likeness (QED) is 0.0735. The van der Waals surface area contributed by atoms with Gasteiger partial charge in [0, 0.05) is 27.4 Å². The second-order valence-electron chi connectivity index (χ2n) is 8.64. The van der Waals surface area contributed by atoms with Crippen LogP contribution >= 0.6 is 12.0 Å². The Labute approximate surface area is 232 Å². The van der Waals surface area contributed by atoms with E-state index in [9.17, 15) is 22.6 Å². The summed E-state index contributed by atoms with van der Waals surface area (Å²) < 4.78 is 36.4. The Morgan fingerprint density at radius 2 is 1.20 bits per heavy atom. The number of carbonyl (C=O) groups is 2. The van der Waals surface area contributed by atoms with Crippen LogP contribution in [0.4, 0.5) is 11.4 Å². The average molecular weight is 577 g/mol. The molecular formula is C28H20N2O8S2. The highest BCUT2D eigenvalue weighted by Crippen LogP contribution is 2.27. The van der Waals surface area contributed by atoms with Gasteiger partial charge in [-0.3, -0.25) is 14.1 Å². The molecule has 0 fully saturated rings. The number of carbonyl (C=O) groups excluding carboxylic acids is 2. The highest BCUT2D eigenvalue weighted by atomic mass is 32.2. The van der Waals surface area contributed by atoms with E-state index in [4.69, 9.17) is 5.26 Å². The smallest absolute Gasteiger partial charge is 0.294 e. The lowest BCUT2D eigenvalue weighted by atomic mass is 10.1. The maximum atomic E-state index is 12.9. The van der Waals surface area contributed by atoms with Gasteiger partial charge in [0.2, 0.25) is 0 Å². The van der Waals surface area contributed by atoms with Crippen LogP contribution in [0.15, 0.2) is 107 Å². The van der Waals surface area contributed by atoms with Crippen molar-refractivity contribution in [3.8, 4) is 0 Å². The Balaban J connectivity index is 1.28. The molecule has 0 saturated carbocycles. The number of fused-ring (bicyclic) bond motifs is 2. The van der Waals surface area contributed by atoms with E-state index in [1.54, 1.807) is 54.6 Å². The van der Waals surface area contributed by atoms with Crippen molar-refractivity contribution in [1.29, 1.82) is 0 Å². The van der Waals surface area contributed by atoms with E-state index in [-0.39, 0.29) is 16.0 Å². The number of rotatable bonds is 8. The minimum absolute atomic E-state index is 0.219. The number of amides is 2. The first kappa shape index (κ1) is 27.3. The van der Waals surface area contributed by atoms with E-state index in [0.29, 0.717) is 27.0 Å². The number of hydrogen-bond donors (Lipinski definition) is 4. The molecule has 0 atom stereocenters. The van der Waals surface area contributed by atoms with Gasteiger partial charge in [-0.05, 0) is 88.3 Å². The van der Waals surface area contributed by atoms with Gasteiger partial charge >= 0.3 is 0 Å². The summed E-state index contributed by atoms with van der Waals surface area (Å²) in [4.78, 5) is 26.4. The maximum absolute atomic E-state index is 12.9. The van der Waals surface area contributed by atoms with E-state index in [1.807, 2.05) is 18.2 Å². The topological polar surface area (TPSA) is 151 Å². The third-order valence-electron chi connectivity index (χ3n) is 5.98. The minimum Gasteiger partial charge on any atom is -0.322 e. The van der Waals surface area contributed by atoms with Crippen molar-refractivity contribution in [2.24, 2.45) is 0 Å². The summed E-state index contributed by atoms with van der Waals surface area (Å²) in [5.41, 5.74) is 1.60. The summed E-state index contributed by atoms with van der Waals surface area (Å²) in [6, 6.07) is 26.2. The molecule has 5 aromatic carbocycles. The van der Waals surface area contributed by atoms with Gasteiger partial charge in [0.1, 0.15) is 0 Å².